The molecule has 0 saturated carbocycles. The van der Waals surface area contributed by atoms with Gasteiger partial charge in [-0.25, -0.2) is 0 Å². The third-order valence-corrected chi connectivity index (χ3v) is 3.45. The number of nitrogens with zero attached hydrogens (tertiary/aromatic N) is 1. The highest BCUT2D eigenvalue weighted by Gasteiger charge is 2.27. The number of para-hydroxylation sites is 2. The quantitative estimate of drug-likeness (QED) is 0.816. The normalized spacial score (nSPS) is 13.7. The molecule has 90 valence electrons. The van der Waals surface area contributed by atoms with Crippen molar-refractivity contribution in [3.63, 3.8) is 0 Å². The monoisotopic (exact) mass is 238 g/mol. The predicted octanol–water partition coefficient (Wildman–Crippen LogP) is 2.60. The Labute approximate surface area is 106 Å². The van der Waals surface area contributed by atoms with Gasteiger partial charge in [-0.15, -0.1) is 0 Å². The van der Waals surface area contributed by atoms with Crippen LogP contribution in [0.4, 0.5) is 11.4 Å². The number of anilines is 2. The Morgan fingerprint density at radius 2 is 1.50 bits per heavy atom. The summed E-state index contributed by atoms with van der Waals surface area (Å²) >= 11 is 0. The van der Waals surface area contributed by atoms with Crippen molar-refractivity contribution in [2.75, 3.05) is 11.9 Å². The number of hydrogen-bond acceptors (Lipinski definition) is 2. The first-order valence-corrected chi connectivity index (χ1v) is 5.94. The average Bonchev–Trinajstić information content (AvgIpc) is 2.43. The first-order valence-electron chi connectivity index (χ1n) is 5.94. The van der Waals surface area contributed by atoms with Crippen LogP contribution in [-0.2, 0) is 4.79 Å². The number of rotatable bonds is 2. The Balaban J connectivity index is 2.23. The fourth-order valence-corrected chi connectivity index (χ4v) is 2.62. The number of fused-ring (bicyclic) bond motifs is 2. The average molecular weight is 238 g/mol. The molecule has 3 nitrogen and oxygen atoms in total. The van der Waals surface area contributed by atoms with Crippen molar-refractivity contribution < 1.29 is 4.79 Å². The SMILES string of the molecule is CN1c2ccccc2C(NC=O)c2ccccc21. The Hall–Kier alpha value is -2.29. The zero-order valence-corrected chi connectivity index (χ0v) is 10.1. The van der Waals surface area contributed by atoms with Gasteiger partial charge in [-0.3, -0.25) is 4.79 Å². The van der Waals surface area contributed by atoms with E-state index >= 15 is 0 Å². The topological polar surface area (TPSA) is 32.3 Å². The van der Waals surface area contributed by atoms with Crippen LogP contribution in [0.2, 0.25) is 0 Å². The Kier molecular flexibility index (Phi) is 2.52. The summed E-state index contributed by atoms with van der Waals surface area (Å²) in [5.74, 6) is 0. The Morgan fingerprint density at radius 3 is 2.00 bits per heavy atom. The molecule has 1 aliphatic rings. The number of carbonyl (C=O) groups is 1. The zero-order chi connectivity index (χ0) is 12.5. The molecule has 0 aliphatic carbocycles. The second-order valence-electron chi connectivity index (χ2n) is 4.39. The van der Waals surface area contributed by atoms with Crippen molar-refractivity contribution in [3.8, 4) is 0 Å². The minimum absolute atomic E-state index is 0.0638. The minimum atomic E-state index is -0.0638. The molecule has 18 heavy (non-hydrogen) atoms. The lowest BCUT2D eigenvalue weighted by molar-refractivity contribution is -0.110. The summed E-state index contributed by atoms with van der Waals surface area (Å²) in [6.07, 6.45) is 0.767. The molecule has 0 atom stereocenters. The smallest absolute Gasteiger partial charge is 0.207 e. The second kappa shape index (κ2) is 4.18. The van der Waals surface area contributed by atoms with Gasteiger partial charge >= 0.3 is 0 Å². The van der Waals surface area contributed by atoms with Crippen LogP contribution in [0.3, 0.4) is 0 Å². The number of carbonyl (C=O) groups excluding carboxylic acids is 1. The predicted molar refractivity (Wildman–Crippen MR) is 72.0 cm³/mol. The van der Waals surface area contributed by atoms with Crippen molar-refractivity contribution >= 4 is 17.8 Å². The summed E-state index contributed by atoms with van der Waals surface area (Å²) in [6, 6.07) is 16.2. The van der Waals surface area contributed by atoms with Gasteiger partial charge in [0.15, 0.2) is 0 Å². The fraction of sp³-hybridized carbons (Fsp3) is 0.133. The van der Waals surface area contributed by atoms with Crippen LogP contribution in [0.15, 0.2) is 48.5 Å². The molecular weight excluding hydrogens is 224 g/mol. The molecule has 0 radical (unpaired) electrons. The molecule has 0 fully saturated rings. The number of hydrogen-bond donors (Lipinski definition) is 1. The van der Waals surface area contributed by atoms with Crippen LogP contribution in [0.25, 0.3) is 0 Å². The number of amides is 1. The zero-order valence-electron chi connectivity index (χ0n) is 10.1. The van der Waals surface area contributed by atoms with Gasteiger partial charge in [-0.05, 0) is 12.1 Å². The van der Waals surface area contributed by atoms with E-state index < -0.39 is 0 Å². The van der Waals surface area contributed by atoms with Crippen LogP contribution in [0.1, 0.15) is 17.2 Å². The number of benzene rings is 2. The van der Waals surface area contributed by atoms with Crippen LogP contribution in [0, 0.1) is 0 Å². The van der Waals surface area contributed by atoms with Crippen LogP contribution in [-0.4, -0.2) is 13.5 Å². The van der Waals surface area contributed by atoms with E-state index in [0.717, 1.165) is 28.9 Å². The largest absolute Gasteiger partial charge is 0.348 e. The van der Waals surface area contributed by atoms with Gasteiger partial charge in [0.2, 0.25) is 6.41 Å². The van der Waals surface area contributed by atoms with E-state index in [0.29, 0.717) is 0 Å². The molecule has 1 heterocycles. The van der Waals surface area contributed by atoms with Crippen LogP contribution < -0.4 is 10.2 Å². The third kappa shape index (κ3) is 1.48. The molecule has 1 aliphatic heterocycles. The summed E-state index contributed by atoms with van der Waals surface area (Å²) in [5, 5.41) is 2.91. The summed E-state index contributed by atoms with van der Waals surface area (Å²) in [5.41, 5.74) is 4.53. The molecule has 3 heteroatoms. The van der Waals surface area contributed by atoms with Gasteiger partial charge in [0.25, 0.3) is 0 Å². The molecule has 1 amide bonds. The van der Waals surface area contributed by atoms with E-state index in [1.54, 1.807) is 0 Å². The van der Waals surface area contributed by atoms with Crippen molar-refractivity contribution in [1.29, 1.82) is 0 Å². The maximum atomic E-state index is 10.8. The molecule has 3 rings (SSSR count). The molecule has 0 spiro atoms. The fourth-order valence-electron chi connectivity index (χ4n) is 2.62. The van der Waals surface area contributed by atoms with Gasteiger partial charge in [0, 0.05) is 29.5 Å². The molecule has 2 aromatic rings. The van der Waals surface area contributed by atoms with Gasteiger partial charge < -0.3 is 10.2 Å². The van der Waals surface area contributed by atoms with Crippen LogP contribution >= 0.6 is 0 Å². The van der Waals surface area contributed by atoms with E-state index in [1.807, 2.05) is 24.3 Å². The van der Waals surface area contributed by atoms with Gasteiger partial charge in [0.1, 0.15) is 0 Å². The van der Waals surface area contributed by atoms with Gasteiger partial charge in [-0.1, -0.05) is 36.4 Å². The van der Waals surface area contributed by atoms with Crippen molar-refractivity contribution in [2.45, 2.75) is 6.04 Å². The van der Waals surface area contributed by atoms with E-state index in [4.69, 9.17) is 0 Å². The molecule has 0 bridgehead atoms. The molecule has 2 aromatic carbocycles. The highest BCUT2D eigenvalue weighted by Crippen LogP contribution is 2.42. The summed E-state index contributed by atoms with van der Waals surface area (Å²) < 4.78 is 0. The lowest BCUT2D eigenvalue weighted by Gasteiger charge is -2.35. The first-order chi connectivity index (χ1) is 8.83. The van der Waals surface area contributed by atoms with Crippen molar-refractivity contribution in [1.82, 2.24) is 5.32 Å². The maximum absolute atomic E-state index is 10.8. The van der Waals surface area contributed by atoms with Gasteiger partial charge in [-0.2, -0.15) is 0 Å². The van der Waals surface area contributed by atoms with E-state index in [1.165, 1.54) is 0 Å². The van der Waals surface area contributed by atoms with Crippen molar-refractivity contribution in [2.24, 2.45) is 0 Å². The highest BCUT2D eigenvalue weighted by molar-refractivity contribution is 5.76. The summed E-state index contributed by atoms with van der Waals surface area (Å²) in [7, 11) is 2.05. The minimum Gasteiger partial charge on any atom is -0.348 e. The maximum Gasteiger partial charge on any atom is 0.207 e. The van der Waals surface area contributed by atoms with E-state index in [-0.39, 0.29) is 6.04 Å². The molecule has 0 unspecified atom stereocenters. The van der Waals surface area contributed by atoms with Crippen molar-refractivity contribution in [3.05, 3.63) is 59.7 Å². The van der Waals surface area contributed by atoms with Gasteiger partial charge in [0.05, 0.1) is 6.04 Å². The lowest BCUT2D eigenvalue weighted by Crippen LogP contribution is -2.29. The second-order valence-corrected chi connectivity index (χ2v) is 4.39. The lowest BCUT2D eigenvalue weighted by atomic mass is 9.91. The first kappa shape index (κ1) is 10.8. The van der Waals surface area contributed by atoms with Crippen LogP contribution in [0.5, 0.6) is 0 Å². The Morgan fingerprint density at radius 1 is 1.00 bits per heavy atom. The highest BCUT2D eigenvalue weighted by atomic mass is 16.1. The third-order valence-electron chi connectivity index (χ3n) is 3.45. The molecule has 0 saturated heterocycles. The standard InChI is InChI=1S/C15H14N2O/c1-17-13-8-4-2-6-11(13)15(16-10-18)12-7-3-5-9-14(12)17/h2-10,15H,1H3,(H,16,18). The molecular formula is C15H14N2O. The summed E-state index contributed by atoms with van der Waals surface area (Å²) in [4.78, 5) is 13.0. The number of nitrogens with one attached hydrogen (secondary N) is 1. The summed E-state index contributed by atoms with van der Waals surface area (Å²) in [6.45, 7) is 0. The molecule has 0 aromatic heterocycles. The molecule has 1 N–H and O–H groups in total. The van der Waals surface area contributed by atoms with E-state index in [2.05, 4.69) is 41.5 Å². The Bertz CT molecular complexity index is 547. The van der Waals surface area contributed by atoms with E-state index in [9.17, 15) is 4.79 Å².